The number of anilines is 2. The zero-order chi connectivity index (χ0) is 24.1. The van der Waals surface area contributed by atoms with E-state index >= 15 is 0 Å². The lowest BCUT2D eigenvalue weighted by molar-refractivity contribution is -0.124. The van der Waals surface area contributed by atoms with Crippen molar-refractivity contribution in [2.75, 3.05) is 23.9 Å². The Bertz CT molecular complexity index is 1170. The van der Waals surface area contributed by atoms with Gasteiger partial charge in [0, 0.05) is 17.6 Å². The fourth-order valence-electron chi connectivity index (χ4n) is 3.77. The second kappa shape index (κ2) is 10.6. The zero-order valence-electron chi connectivity index (χ0n) is 18.5. The number of nitrogens with one attached hydrogen (secondary N) is 1. The van der Waals surface area contributed by atoms with Gasteiger partial charge in [-0.2, -0.15) is 0 Å². The minimum Gasteiger partial charge on any atom is -0.481 e. The molecule has 0 radical (unpaired) electrons. The summed E-state index contributed by atoms with van der Waals surface area (Å²) in [5.41, 5.74) is 2.26. The van der Waals surface area contributed by atoms with Crippen LogP contribution in [0.15, 0.2) is 72.9 Å². The number of hydrogen-bond acceptors (Lipinski definition) is 5. The Morgan fingerprint density at radius 2 is 1.85 bits per heavy atom. The van der Waals surface area contributed by atoms with Gasteiger partial charge in [0.05, 0.1) is 31.1 Å². The number of aromatic nitrogens is 1. The molecule has 1 unspecified atom stereocenters. The highest BCUT2D eigenvalue weighted by molar-refractivity contribution is 7.80. The minimum absolute atomic E-state index is 0.0467. The second-order valence-electron chi connectivity index (χ2n) is 7.72. The molecule has 0 spiro atoms. The van der Waals surface area contributed by atoms with Gasteiger partial charge in [-0.05, 0) is 54.5 Å². The molecular weight excluding hydrogens is 472 g/mol. The summed E-state index contributed by atoms with van der Waals surface area (Å²) >= 11 is 11.7. The predicted octanol–water partition coefficient (Wildman–Crippen LogP) is 4.32. The van der Waals surface area contributed by atoms with E-state index in [0.717, 1.165) is 5.56 Å². The quantitative estimate of drug-likeness (QED) is 0.470. The van der Waals surface area contributed by atoms with Crippen LogP contribution < -0.4 is 15.0 Å². The maximum Gasteiger partial charge on any atom is 0.256 e. The molecule has 7 nitrogen and oxygen atoms in total. The molecule has 2 aromatic carbocycles. The smallest absolute Gasteiger partial charge is 0.256 e. The number of halogens is 1. The Hall–Kier alpha value is -3.49. The third-order valence-corrected chi connectivity index (χ3v) is 6.16. The van der Waals surface area contributed by atoms with E-state index in [9.17, 15) is 9.59 Å². The van der Waals surface area contributed by atoms with Crippen LogP contribution in [0.4, 0.5) is 11.4 Å². The summed E-state index contributed by atoms with van der Waals surface area (Å²) in [6.07, 6.45) is 2.11. The molecule has 1 fully saturated rings. The van der Waals surface area contributed by atoms with Crippen LogP contribution in [0.3, 0.4) is 0 Å². The van der Waals surface area contributed by atoms with Crippen LogP contribution in [0.2, 0.25) is 5.02 Å². The number of amides is 2. The molecule has 2 amide bonds. The van der Waals surface area contributed by atoms with Crippen LogP contribution in [-0.4, -0.2) is 46.5 Å². The molecule has 1 aliphatic heterocycles. The van der Waals surface area contributed by atoms with Gasteiger partial charge < -0.3 is 15.0 Å². The van der Waals surface area contributed by atoms with Gasteiger partial charge in [-0.25, -0.2) is 4.98 Å². The molecule has 4 rings (SSSR count). The summed E-state index contributed by atoms with van der Waals surface area (Å²) in [5, 5.41) is 3.84. The number of rotatable bonds is 8. The molecular formula is C25H23ClN4O3S. The van der Waals surface area contributed by atoms with E-state index in [1.165, 1.54) is 18.2 Å². The summed E-state index contributed by atoms with van der Waals surface area (Å²) in [6.45, 7) is 0.484. The Morgan fingerprint density at radius 3 is 2.50 bits per heavy atom. The molecule has 1 N–H and O–H groups in total. The van der Waals surface area contributed by atoms with Crippen LogP contribution >= 0.6 is 23.8 Å². The number of carbonyl (C=O) groups excluding carboxylic acids is 2. The van der Waals surface area contributed by atoms with Crippen molar-refractivity contribution in [3.05, 3.63) is 83.5 Å². The van der Waals surface area contributed by atoms with Crippen molar-refractivity contribution < 1.29 is 14.3 Å². The summed E-state index contributed by atoms with van der Waals surface area (Å²) in [7, 11) is 1.52. The number of methoxy groups -OCH3 is 1. The first kappa shape index (κ1) is 23.7. The fraction of sp³-hybridized carbons (Fsp3) is 0.200. The highest BCUT2D eigenvalue weighted by Crippen LogP contribution is 2.28. The molecule has 174 valence electrons. The van der Waals surface area contributed by atoms with Gasteiger partial charge in [0.15, 0.2) is 5.11 Å². The van der Waals surface area contributed by atoms with Gasteiger partial charge in [-0.3, -0.25) is 14.5 Å². The molecule has 0 aliphatic carbocycles. The lowest BCUT2D eigenvalue weighted by Gasteiger charge is -2.24. The predicted molar refractivity (Wildman–Crippen MR) is 136 cm³/mol. The van der Waals surface area contributed by atoms with Crippen molar-refractivity contribution in [3.8, 4) is 5.88 Å². The summed E-state index contributed by atoms with van der Waals surface area (Å²) < 4.78 is 5.04. The number of nitrogens with zero attached hydrogens (tertiary/aromatic N) is 3. The third-order valence-electron chi connectivity index (χ3n) is 5.50. The summed E-state index contributed by atoms with van der Waals surface area (Å²) in [5.74, 6) is -0.0870. The number of carbonyl (C=O) groups is 2. The van der Waals surface area contributed by atoms with Gasteiger partial charge in [0.1, 0.15) is 6.04 Å². The molecule has 34 heavy (non-hydrogen) atoms. The van der Waals surface area contributed by atoms with Crippen molar-refractivity contribution >= 4 is 52.1 Å². The van der Waals surface area contributed by atoms with Crippen LogP contribution in [0.5, 0.6) is 5.88 Å². The normalized spacial score (nSPS) is 15.5. The van der Waals surface area contributed by atoms with Crippen LogP contribution in [-0.2, 0) is 16.0 Å². The molecule has 1 aliphatic rings. The van der Waals surface area contributed by atoms with Gasteiger partial charge in [0.25, 0.3) is 5.91 Å². The van der Waals surface area contributed by atoms with Crippen molar-refractivity contribution in [3.63, 3.8) is 0 Å². The molecule has 9 heteroatoms. The SMILES string of the molecule is COc1ccc(NC(=O)CC2C(=O)N(c3ccccc3)C(=S)N2CCc2ccc(Cl)cc2)cn1. The first-order chi connectivity index (χ1) is 16.5. The number of thiocarbonyl (C=S) groups is 1. The molecule has 1 saturated heterocycles. The number of para-hydroxylation sites is 1. The Labute approximate surface area is 208 Å². The fourth-order valence-corrected chi connectivity index (χ4v) is 4.31. The van der Waals surface area contributed by atoms with Crippen LogP contribution in [0.1, 0.15) is 12.0 Å². The van der Waals surface area contributed by atoms with Crippen molar-refractivity contribution in [2.45, 2.75) is 18.9 Å². The van der Waals surface area contributed by atoms with E-state index in [1.807, 2.05) is 59.5 Å². The Balaban J connectivity index is 1.52. The lowest BCUT2D eigenvalue weighted by atomic mass is 10.1. The largest absolute Gasteiger partial charge is 0.481 e. The van der Waals surface area contributed by atoms with E-state index in [1.54, 1.807) is 12.1 Å². The topological polar surface area (TPSA) is 74.8 Å². The second-order valence-corrected chi connectivity index (χ2v) is 8.52. The van der Waals surface area contributed by atoms with E-state index in [2.05, 4.69) is 10.3 Å². The summed E-state index contributed by atoms with van der Waals surface area (Å²) in [6, 6.07) is 19.4. The number of hydrogen-bond donors (Lipinski definition) is 1. The molecule has 3 aromatic rings. The van der Waals surface area contributed by atoms with Crippen molar-refractivity contribution in [1.29, 1.82) is 0 Å². The maximum absolute atomic E-state index is 13.4. The van der Waals surface area contributed by atoms with E-state index in [4.69, 9.17) is 28.6 Å². The van der Waals surface area contributed by atoms with Crippen LogP contribution in [0.25, 0.3) is 0 Å². The number of ether oxygens (including phenoxy) is 1. The first-order valence-corrected chi connectivity index (χ1v) is 11.5. The maximum atomic E-state index is 13.4. The van der Waals surface area contributed by atoms with Crippen LogP contribution in [0, 0.1) is 0 Å². The lowest BCUT2D eigenvalue weighted by Crippen LogP contribution is -2.39. The summed E-state index contributed by atoms with van der Waals surface area (Å²) in [4.78, 5) is 33.7. The molecule has 2 heterocycles. The molecule has 0 saturated carbocycles. The molecule has 0 bridgehead atoms. The van der Waals surface area contributed by atoms with Gasteiger partial charge in [-0.1, -0.05) is 41.9 Å². The highest BCUT2D eigenvalue weighted by atomic mass is 35.5. The monoisotopic (exact) mass is 494 g/mol. The van der Waals surface area contributed by atoms with Gasteiger partial charge in [-0.15, -0.1) is 0 Å². The number of benzene rings is 2. The molecule has 1 aromatic heterocycles. The average Bonchev–Trinajstić information content (AvgIpc) is 3.08. The van der Waals surface area contributed by atoms with E-state index in [0.29, 0.717) is 40.4 Å². The Morgan fingerprint density at radius 1 is 1.12 bits per heavy atom. The van der Waals surface area contributed by atoms with E-state index in [-0.39, 0.29) is 18.2 Å². The third kappa shape index (κ3) is 5.35. The first-order valence-electron chi connectivity index (χ1n) is 10.7. The number of pyridine rings is 1. The highest BCUT2D eigenvalue weighted by Gasteiger charge is 2.43. The van der Waals surface area contributed by atoms with Gasteiger partial charge >= 0.3 is 0 Å². The van der Waals surface area contributed by atoms with Crippen molar-refractivity contribution in [2.24, 2.45) is 0 Å². The average molecular weight is 495 g/mol. The standard InChI is InChI=1S/C25H23ClN4O3S/c1-33-23-12-11-19(16-27-23)28-22(31)15-21-24(32)30(20-5-3-2-4-6-20)25(34)29(21)14-13-17-7-9-18(26)10-8-17/h2-12,16,21H,13-15H2,1H3,(H,28,31). The zero-order valence-corrected chi connectivity index (χ0v) is 20.1. The molecule has 1 atom stereocenters. The van der Waals surface area contributed by atoms with E-state index < -0.39 is 6.04 Å². The van der Waals surface area contributed by atoms with Gasteiger partial charge in [0.2, 0.25) is 11.8 Å². The minimum atomic E-state index is -0.716. The van der Waals surface area contributed by atoms with Crippen molar-refractivity contribution in [1.82, 2.24) is 9.88 Å². The Kier molecular flexibility index (Phi) is 7.40.